The third kappa shape index (κ3) is 3.67. The zero-order valence-corrected chi connectivity index (χ0v) is 11.9. The van der Waals surface area contributed by atoms with E-state index in [-0.39, 0.29) is 6.10 Å². The van der Waals surface area contributed by atoms with E-state index in [0.29, 0.717) is 19.1 Å². The van der Waals surface area contributed by atoms with E-state index in [0.717, 1.165) is 24.5 Å². The van der Waals surface area contributed by atoms with E-state index in [1.54, 1.807) is 0 Å². The van der Waals surface area contributed by atoms with Crippen molar-refractivity contribution in [3.8, 4) is 0 Å². The van der Waals surface area contributed by atoms with E-state index in [4.69, 9.17) is 10.5 Å². The van der Waals surface area contributed by atoms with Gasteiger partial charge < -0.3 is 15.4 Å². The van der Waals surface area contributed by atoms with Gasteiger partial charge in [-0.25, -0.2) is 4.99 Å². The van der Waals surface area contributed by atoms with Gasteiger partial charge >= 0.3 is 0 Å². The maximum absolute atomic E-state index is 6.02. The number of morpholine rings is 1. The highest BCUT2D eigenvalue weighted by atomic mass is 16.5. The molecule has 2 N–H and O–H groups in total. The van der Waals surface area contributed by atoms with Crippen molar-refractivity contribution >= 4 is 5.96 Å². The lowest BCUT2D eigenvalue weighted by Crippen LogP contribution is -2.47. The first-order valence-electron chi connectivity index (χ1n) is 6.66. The Morgan fingerprint density at radius 2 is 2.32 bits per heavy atom. The molecule has 1 atom stereocenters. The van der Waals surface area contributed by atoms with Gasteiger partial charge in [-0.05, 0) is 32.4 Å². The van der Waals surface area contributed by atoms with Crippen LogP contribution in [0.1, 0.15) is 23.9 Å². The van der Waals surface area contributed by atoms with Gasteiger partial charge in [-0.1, -0.05) is 6.07 Å². The lowest BCUT2D eigenvalue weighted by Gasteiger charge is -2.31. The second kappa shape index (κ2) is 6.02. The Labute approximate surface area is 114 Å². The van der Waals surface area contributed by atoms with Crippen LogP contribution in [0.4, 0.5) is 0 Å². The highest BCUT2D eigenvalue weighted by Crippen LogP contribution is 2.07. The molecule has 0 amide bonds. The highest BCUT2D eigenvalue weighted by molar-refractivity contribution is 5.78. The number of aromatic nitrogens is 1. The predicted molar refractivity (Wildman–Crippen MR) is 76.0 cm³/mol. The minimum absolute atomic E-state index is 0.210. The fourth-order valence-electron chi connectivity index (χ4n) is 2.06. The highest BCUT2D eigenvalue weighted by Gasteiger charge is 2.17. The van der Waals surface area contributed by atoms with Crippen LogP contribution >= 0.6 is 0 Å². The largest absolute Gasteiger partial charge is 0.375 e. The summed E-state index contributed by atoms with van der Waals surface area (Å²) in [6.07, 6.45) is 0.210. The number of hydrogen-bond donors (Lipinski definition) is 1. The summed E-state index contributed by atoms with van der Waals surface area (Å²) in [5.41, 5.74) is 9.21. The third-order valence-corrected chi connectivity index (χ3v) is 3.38. The monoisotopic (exact) mass is 262 g/mol. The molecular weight excluding hydrogens is 240 g/mol. The lowest BCUT2D eigenvalue weighted by molar-refractivity contribution is 0.00528. The Morgan fingerprint density at radius 1 is 1.53 bits per heavy atom. The Kier molecular flexibility index (Phi) is 4.37. The first kappa shape index (κ1) is 13.8. The molecule has 0 aromatic carbocycles. The summed E-state index contributed by atoms with van der Waals surface area (Å²) in [6, 6.07) is 4.07. The molecule has 2 rings (SSSR count). The molecule has 0 aliphatic carbocycles. The lowest BCUT2D eigenvalue weighted by atomic mass is 10.2. The van der Waals surface area contributed by atoms with Crippen molar-refractivity contribution in [3.63, 3.8) is 0 Å². The Hall–Kier alpha value is -1.62. The predicted octanol–water partition coefficient (Wildman–Crippen LogP) is 1.23. The Balaban J connectivity index is 1.98. The molecule has 1 unspecified atom stereocenters. The SMILES string of the molecule is Cc1ccc(CN=C(N)N2CCOC(C)C2)nc1C. The van der Waals surface area contributed by atoms with Crippen molar-refractivity contribution in [3.05, 3.63) is 29.1 Å². The van der Waals surface area contributed by atoms with Gasteiger partial charge in [0.25, 0.3) is 0 Å². The normalized spacial score (nSPS) is 20.7. The Bertz CT molecular complexity index is 473. The zero-order valence-electron chi connectivity index (χ0n) is 11.9. The third-order valence-electron chi connectivity index (χ3n) is 3.38. The molecule has 1 aromatic heterocycles. The van der Waals surface area contributed by atoms with Gasteiger partial charge in [0.2, 0.25) is 0 Å². The standard InChI is InChI=1S/C14H22N4O/c1-10-4-5-13(17-12(10)3)8-16-14(15)18-6-7-19-11(2)9-18/h4-5,11H,6-9H2,1-3H3,(H2,15,16). The minimum Gasteiger partial charge on any atom is -0.375 e. The number of nitrogens with zero attached hydrogens (tertiary/aromatic N) is 3. The second-order valence-electron chi connectivity index (χ2n) is 5.01. The molecule has 0 spiro atoms. The average Bonchev–Trinajstić information content (AvgIpc) is 2.40. The Morgan fingerprint density at radius 3 is 3.00 bits per heavy atom. The van der Waals surface area contributed by atoms with Crippen molar-refractivity contribution in [1.82, 2.24) is 9.88 Å². The van der Waals surface area contributed by atoms with E-state index in [1.165, 1.54) is 5.56 Å². The topological polar surface area (TPSA) is 63.7 Å². The van der Waals surface area contributed by atoms with Crippen LogP contribution in [0.25, 0.3) is 0 Å². The summed E-state index contributed by atoms with van der Waals surface area (Å²) >= 11 is 0. The molecule has 1 fully saturated rings. The van der Waals surface area contributed by atoms with Crippen molar-refractivity contribution in [2.75, 3.05) is 19.7 Å². The summed E-state index contributed by atoms with van der Waals surface area (Å²) in [4.78, 5) is 11.0. The molecular formula is C14H22N4O. The molecule has 1 aliphatic heterocycles. The maximum atomic E-state index is 6.02. The smallest absolute Gasteiger partial charge is 0.191 e. The molecule has 0 bridgehead atoms. The van der Waals surface area contributed by atoms with Crippen LogP contribution in [0.2, 0.25) is 0 Å². The number of guanidine groups is 1. The molecule has 5 heteroatoms. The molecule has 0 saturated carbocycles. The number of aryl methyl sites for hydroxylation is 2. The van der Waals surface area contributed by atoms with Gasteiger partial charge in [0.05, 0.1) is 24.9 Å². The molecule has 19 heavy (non-hydrogen) atoms. The number of ether oxygens (including phenoxy) is 1. The molecule has 1 saturated heterocycles. The molecule has 1 aromatic rings. The van der Waals surface area contributed by atoms with Crippen molar-refractivity contribution in [1.29, 1.82) is 0 Å². The van der Waals surface area contributed by atoms with Gasteiger partial charge in [0.1, 0.15) is 0 Å². The van der Waals surface area contributed by atoms with E-state index in [1.807, 2.05) is 19.9 Å². The zero-order chi connectivity index (χ0) is 13.8. The van der Waals surface area contributed by atoms with E-state index < -0.39 is 0 Å². The van der Waals surface area contributed by atoms with Crippen LogP contribution < -0.4 is 5.73 Å². The van der Waals surface area contributed by atoms with Crippen LogP contribution in [-0.2, 0) is 11.3 Å². The number of nitrogens with two attached hydrogens (primary N) is 1. The van der Waals surface area contributed by atoms with Gasteiger partial charge in [0, 0.05) is 18.8 Å². The van der Waals surface area contributed by atoms with Crippen LogP contribution in [0.15, 0.2) is 17.1 Å². The number of rotatable bonds is 2. The van der Waals surface area contributed by atoms with E-state index >= 15 is 0 Å². The maximum Gasteiger partial charge on any atom is 0.191 e. The van der Waals surface area contributed by atoms with Gasteiger partial charge in [-0.15, -0.1) is 0 Å². The van der Waals surface area contributed by atoms with Gasteiger partial charge in [0.15, 0.2) is 5.96 Å². The number of hydrogen-bond acceptors (Lipinski definition) is 3. The summed E-state index contributed by atoms with van der Waals surface area (Å²) in [6.45, 7) is 8.95. The van der Waals surface area contributed by atoms with Crippen LogP contribution in [0.5, 0.6) is 0 Å². The summed E-state index contributed by atoms with van der Waals surface area (Å²) in [5.74, 6) is 0.579. The molecule has 1 aliphatic rings. The van der Waals surface area contributed by atoms with Gasteiger partial charge in [-0.3, -0.25) is 4.98 Å². The quantitative estimate of drug-likeness (QED) is 0.643. The van der Waals surface area contributed by atoms with Crippen molar-refractivity contribution < 1.29 is 4.74 Å². The van der Waals surface area contributed by atoms with Gasteiger partial charge in [-0.2, -0.15) is 0 Å². The first-order chi connectivity index (χ1) is 9.06. The van der Waals surface area contributed by atoms with Crippen LogP contribution in [-0.4, -0.2) is 41.6 Å². The number of aliphatic imine (C=N–C) groups is 1. The summed E-state index contributed by atoms with van der Waals surface area (Å²) in [5, 5.41) is 0. The minimum atomic E-state index is 0.210. The first-order valence-corrected chi connectivity index (χ1v) is 6.66. The van der Waals surface area contributed by atoms with Crippen molar-refractivity contribution in [2.24, 2.45) is 10.7 Å². The van der Waals surface area contributed by atoms with Crippen LogP contribution in [0, 0.1) is 13.8 Å². The molecule has 2 heterocycles. The molecule has 104 valence electrons. The fourth-order valence-corrected chi connectivity index (χ4v) is 2.06. The van der Waals surface area contributed by atoms with E-state index in [9.17, 15) is 0 Å². The van der Waals surface area contributed by atoms with E-state index in [2.05, 4.69) is 27.9 Å². The summed E-state index contributed by atoms with van der Waals surface area (Å²) in [7, 11) is 0. The fraction of sp³-hybridized carbons (Fsp3) is 0.571. The number of pyridine rings is 1. The molecule has 5 nitrogen and oxygen atoms in total. The summed E-state index contributed by atoms with van der Waals surface area (Å²) < 4.78 is 5.49. The second-order valence-corrected chi connectivity index (χ2v) is 5.01. The average molecular weight is 262 g/mol. The van der Waals surface area contributed by atoms with Crippen LogP contribution in [0.3, 0.4) is 0 Å². The molecule has 0 radical (unpaired) electrons. The van der Waals surface area contributed by atoms with Crippen molar-refractivity contribution in [2.45, 2.75) is 33.4 Å².